The van der Waals surface area contributed by atoms with Gasteiger partial charge >= 0.3 is 0 Å². The molecule has 0 fully saturated rings. The molecule has 1 N–H and O–H groups in total. The largest absolute Gasteiger partial charge is 0.317 e. The molecule has 0 aliphatic heterocycles. The zero-order valence-electron chi connectivity index (χ0n) is 8.72. The number of hydrogen-bond acceptors (Lipinski definition) is 2. The van der Waals surface area contributed by atoms with Crippen LogP contribution in [0.1, 0.15) is 12.5 Å². The normalized spacial score (nSPS) is 11.1. The first-order chi connectivity index (χ1) is 7.31. The molecule has 0 atom stereocenters. The lowest BCUT2D eigenvalue weighted by atomic mass is 10.1. The minimum absolute atomic E-state index is 0.825. The van der Waals surface area contributed by atoms with Crippen molar-refractivity contribution in [1.29, 1.82) is 0 Å². The number of likely N-dealkylation sites (N-methyl/N-ethyl adjacent to an activating group) is 1. The fourth-order valence-corrected chi connectivity index (χ4v) is 2.80. The third kappa shape index (κ3) is 2.51. The van der Waals surface area contributed by atoms with Crippen LogP contribution in [0, 0.1) is 0 Å². The molecule has 0 bridgehead atoms. The zero-order valence-corrected chi connectivity index (χ0v) is 10.3. The maximum absolute atomic E-state index is 6.00. The first-order valence-electron chi connectivity index (χ1n) is 5.17. The van der Waals surface area contributed by atoms with Crippen LogP contribution in [0.25, 0.3) is 10.1 Å². The summed E-state index contributed by atoms with van der Waals surface area (Å²) in [6.07, 6.45) is 1.08. The number of nitrogens with one attached hydrogen (secondary N) is 1. The van der Waals surface area contributed by atoms with Crippen molar-refractivity contribution in [2.45, 2.75) is 13.3 Å². The predicted molar refractivity (Wildman–Crippen MR) is 69.1 cm³/mol. The average molecular weight is 240 g/mol. The molecule has 3 heteroatoms. The van der Waals surface area contributed by atoms with E-state index < -0.39 is 0 Å². The molecule has 1 nitrogen and oxygen atoms in total. The van der Waals surface area contributed by atoms with Crippen LogP contribution >= 0.6 is 22.9 Å². The first-order valence-corrected chi connectivity index (χ1v) is 6.43. The molecule has 1 aromatic heterocycles. The Morgan fingerprint density at radius 1 is 1.40 bits per heavy atom. The highest BCUT2D eigenvalue weighted by atomic mass is 35.5. The Morgan fingerprint density at radius 2 is 2.27 bits per heavy atom. The Morgan fingerprint density at radius 3 is 3.07 bits per heavy atom. The second-order valence-electron chi connectivity index (χ2n) is 3.50. The van der Waals surface area contributed by atoms with E-state index in [4.69, 9.17) is 11.6 Å². The van der Waals surface area contributed by atoms with Crippen molar-refractivity contribution in [3.05, 3.63) is 34.2 Å². The summed E-state index contributed by atoms with van der Waals surface area (Å²) in [5, 5.41) is 7.71. The molecule has 0 unspecified atom stereocenters. The lowest BCUT2D eigenvalue weighted by Gasteiger charge is -2.00. The molecule has 1 aromatic carbocycles. The van der Waals surface area contributed by atoms with Gasteiger partial charge in [-0.2, -0.15) is 0 Å². The Labute approximate surface area is 99.1 Å². The van der Waals surface area contributed by atoms with Crippen LogP contribution in [-0.4, -0.2) is 13.1 Å². The summed E-state index contributed by atoms with van der Waals surface area (Å²) < 4.78 is 1.32. The van der Waals surface area contributed by atoms with Crippen LogP contribution in [-0.2, 0) is 6.42 Å². The predicted octanol–water partition coefficient (Wildman–Crippen LogP) is 3.71. The van der Waals surface area contributed by atoms with Gasteiger partial charge in [0.1, 0.15) is 0 Å². The van der Waals surface area contributed by atoms with E-state index in [2.05, 4.69) is 29.8 Å². The number of benzene rings is 1. The molecule has 0 aliphatic rings. The van der Waals surface area contributed by atoms with Crippen molar-refractivity contribution in [2.24, 2.45) is 0 Å². The van der Waals surface area contributed by atoms with Crippen molar-refractivity contribution in [2.75, 3.05) is 13.1 Å². The summed E-state index contributed by atoms with van der Waals surface area (Å²) in [5.74, 6) is 0. The van der Waals surface area contributed by atoms with Crippen molar-refractivity contribution in [3.8, 4) is 0 Å². The maximum Gasteiger partial charge on any atom is 0.0413 e. The highest BCUT2D eigenvalue weighted by Gasteiger charge is 2.03. The lowest BCUT2D eigenvalue weighted by Crippen LogP contribution is -2.15. The summed E-state index contributed by atoms with van der Waals surface area (Å²) >= 11 is 7.79. The lowest BCUT2D eigenvalue weighted by molar-refractivity contribution is 0.719. The second-order valence-corrected chi connectivity index (χ2v) is 4.85. The molecular formula is C12H14ClNS. The van der Waals surface area contributed by atoms with Gasteiger partial charge in [0.2, 0.25) is 0 Å². The van der Waals surface area contributed by atoms with Crippen molar-refractivity contribution >= 4 is 33.0 Å². The molecule has 2 aromatic rings. The quantitative estimate of drug-likeness (QED) is 0.803. The first kappa shape index (κ1) is 10.9. The van der Waals surface area contributed by atoms with Crippen LogP contribution in [0.15, 0.2) is 23.6 Å². The summed E-state index contributed by atoms with van der Waals surface area (Å²) in [7, 11) is 0. The molecule has 80 valence electrons. The van der Waals surface area contributed by atoms with Gasteiger partial charge in [-0.25, -0.2) is 0 Å². The third-order valence-electron chi connectivity index (χ3n) is 2.44. The van der Waals surface area contributed by atoms with E-state index >= 15 is 0 Å². The van der Waals surface area contributed by atoms with Gasteiger partial charge in [-0.1, -0.05) is 18.5 Å². The van der Waals surface area contributed by atoms with Gasteiger partial charge < -0.3 is 5.32 Å². The molecule has 1 heterocycles. The van der Waals surface area contributed by atoms with E-state index in [1.807, 2.05) is 6.07 Å². The standard InChI is InChI=1S/C12H14ClNS/c1-2-14-6-5-9-8-15-12-4-3-10(13)7-11(9)12/h3-4,7-8,14H,2,5-6H2,1H3. The van der Waals surface area contributed by atoms with Gasteiger partial charge in [-0.3, -0.25) is 0 Å². The molecule has 0 spiro atoms. The van der Waals surface area contributed by atoms with E-state index in [0.29, 0.717) is 0 Å². The summed E-state index contributed by atoms with van der Waals surface area (Å²) in [6.45, 7) is 4.19. The maximum atomic E-state index is 6.00. The minimum atomic E-state index is 0.825. The Kier molecular flexibility index (Phi) is 3.62. The van der Waals surface area contributed by atoms with Crippen LogP contribution in [0.2, 0.25) is 5.02 Å². The number of fused-ring (bicyclic) bond motifs is 1. The Hall–Kier alpha value is -0.570. The second kappa shape index (κ2) is 4.97. The van der Waals surface area contributed by atoms with Crippen molar-refractivity contribution < 1.29 is 0 Å². The molecule has 0 saturated heterocycles. The fraction of sp³-hybridized carbons (Fsp3) is 0.333. The Balaban J connectivity index is 2.23. The molecule has 0 amide bonds. The summed E-state index contributed by atoms with van der Waals surface area (Å²) in [6, 6.07) is 6.11. The van der Waals surface area contributed by atoms with Gasteiger partial charge in [-0.15, -0.1) is 11.3 Å². The monoisotopic (exact) mass is 239 g/mol. The van der Waals surface area contributed by atoms with Gasteiger partial charge in [0.15, 0.2) is 0 Å². The van der Waals surface area contributed by atoms with E-state index in [-0.39, 0.29) is 0 Å². The SMILES string of the molecule is CCNCCc1csc2ccc(Cl)cc12. The zero-order chi connectivity index (χ0) is 10.7. The smallest absolute Gasteiger partial charge is 0.0413 e. The van der Waals surface area contributed by atoms with Crippen LogP contribution in [0.4, 0.5) is 0 Å². The van der Waals surface area contributed by atoms with Crippen LogP contribution < -0.4 is 5.32 Å². The van der Waals surface area contributed by atoms with Crippen molar-refractivity contribution in [1.82, 2.24) is 5.32 Å². The molecule has 2 rings (SSSR count). The summed E-state index contributed by atoms with van der Waals surface area (Å²) in [5.41, 5.74) is 1.40. The van der Waals surface area contributed by atoms with E-state index in [9.17, 15) is 0 Å². The molecule has 0 aliphatic carbocycles. The average Bonchev–Trinajstić information content (AvgIpc) is 2.62. The number of thiophene rings is 1. The summed E-state index contributed by atoms with van der Waals surface area (Å²) in [4.78, 5) is 0. The molecule has 15 heavy (non-hydrogen) atoms. The number of halogens is 1. The minimum Gasteiger partial charge on any atom is -0.317 e. The van der Waals surface area contributed by atoms with E-state index in [1.54, 1.807) is 11.3 Å². The van der Waals surface area contributed by atoms with E-state index in [1.165, 1.54) is 15.6 Å². The molecular weight excluding hydrogens is 226 g/mol. The van der Waals surface area contributed by atoms with Gasteiger partial charge in [0, 0.05) is 9.72 Å². The van der Waals surface area contributed by atoms with Crippen molar-refractivity contribution in [3.63, 3.8) is 0 Å². The van der Waals surface area contributed by atoms with Gasteiger partial charge in [0.25, 0.3) is 0 Å². The van der Waals surface area contributed by atoms with Gasteiger partial charge in [-0.05, 0) is 54.0 Å². The van der Waals surface area contributed by atoms with Gasteiger partial charge in [0.05, 0.1) is 0 Å². The Bertz CT molecular complexity index is 450. The number of rotatable bonds is 4. The number of hydrogen-bond donors (Lipinski definition) is 1. The molecule has 0 radical (unpaired) electrons. The topological polar surface area (TPSA) is 12.0 Å². The van der Waals surface area contributed by atoms with E-state index in [0.717, 1.165) is 24.5 Å². The third-order valence-corrected chi connectivity index (χ3v) is 3.68. The highest BCUT2D eigenvalue weighted by Crippen LogP contribution is 2.28. The fourth-order valence-electron chi connectivity index (χ4n) is 1.65. The highest BCUT2D eigenvalue weighted by molar-refractivity contribution is 7.17. The van der Waals surface area contributed by atoms with Crippen LogP contribution in [0.5, 0.6) is 0 Å². The van der Waals surface area contributed by atoms with Crippen LogP contribution in [0.3, 0.4) is 0 Å². The molecule has 0 saturated carbocycles.